The highest BCUT2D eigenvalue weighted by atomic mass is 35.5. The lowest BCUT2D eigenvalue weighted by Gasteiger charge is -2.07. The number of halogens is 1. The van der Waals surface area contributed by atoms with Gasteiger partial charge in [-0.15, -0.1) is 11.3 Å². The average Bonchev–Trinajstić information content (AvgIpc) is 2.93. The number of amides is 1. The molecule has 6 heteroatoms. The molecule has 1 amide bonds. The lowest BCUT2D eigenvalue weighted by Crippen LogP contribution is -2.12. The van der Waals surface area contributed by atoms with Gasteiger partial charge in [-0.1, -0.05) is 11.6 Å². The molecule has 0 unspecified atom stereocenters. The third kappa shape index (κ3) is 3.41. The predicted molar refractivity (Wildman–Crippen MR) is 94.2 cm³/mol. The van der Waals surface area contributed by atoms with Gasteiger partial charge in [-0.2, -0.15) is 0 Å². The highest BCUT2D eigenvalue weighted by molar-refractivity contribution is 7.17. The van der Waals surface area contributed by atoms with Gasteiger partial charge in [0, 0.05) is 28.7 Å². The van der Waals surface area contributed by atoms with Crippen LogP contribution in [0, 0.1) is 13.8 Å². The smallest absolute Gasteiger partial charge is 0.267 e. The number of hydrogen-bond acceptors (Lipinski definition) is 4. The molecular weight excluding hydrogens is 330 g/mol. The summed E-state index contributed by atoms with van der Waals surface area (Å²) in [7, 11) is 0. The van der Waals surface area contributed by atoms with Crippen LogP contribution in [0.25, 0.3) is 10.6 Å². The van der Waals surface area contributed by atoms with E-state index in [0.29, 0.717) is 15.6 Å². The minimum Gasteiger partial charge on any atom is -0.321 e. The fourth-order valence-corrected chi connectivity index (χ4v) is 3.34. The maximum Gasteiger partial charge on any atom is 0.267 e. The second-order valence-corrected chi connectivity index (χ2v) is 6.52. The molecule has 4 nitrogen and oxygen atoms in total. The van der Waals surface area contributed by atoms with Crippen molar-refractivity contribution >= 4 is 34.5 Å². The van der Waals surface area contributed by atoms with Gasteiger partial charge >= 0.3 is 0 Å². The quantitative estimate of drug-likeness (QED) is 0.748. The van der Waals surface area contributed by atoms with E-state index in [2.05, 4.69) is 15.3 Å². The summed E-state index contributed by atoms with van der Waals surface area (Å²) in [5.41, 5.74) is 3.27. The van der Waals surface area contributed by atoms with Gasteiger partial charge in [-0.3, -0.25) is 9.78 Å². The van der Waals surface area contributed by atoms with E-state index in [1.807, 2.05) is 32.0 Å². The average molecular weight is 344 g/mol. The molecular formula is C17H14ClN3OS. The van der Waals surface area contributed by atoms with Crippen LogP contribution in [0.2, 0.25) is 5.02 Å². The third-order valence-corrected chi connectivity index (χ3v) is 4.79. The van der Waals surface area contributed by atoms with Crippen LogP contribution in [0.3, 0.4) is 0 Å². The van der Waals surface area contributed by atoms with Crippen LogP contribution in [0.15, 0.2) is 42.7 Å². The summed E-state index contributed by atoms with van der Waals surface area (Å²) in [5.74, 6) is -0.166. The fraction of sp³-hybridized carbons (Fsp3) is 0.118. The van der Waals surface area contributed by atoms with E-state index in [0.717, 1.165) is 21.8 Å². The molecule has 0 saturated carbocycles. The first-order valence-electron chi connectivity index (χ1n) is 7.00. The Balaban J connectivity index is 1.87. The van der Waals surface area contributed by atoms with Gasteiger partial charge in [0.15, 0.2) is 0 Å². The van der Waals surface area contributed by atoms with Crippen molar-refractivity contribution in [2.75, 3.05) is 5.32 Å². The molecule has 0 aliphatic carbocycles. The number of benzene rings is 1. The Kier molecular flexibility index (Phi) is 4.41. The Hall–Kier alpha value is -2.24. The summed E-state index contributed by atoms with van der Waals surface area (Å²) in [6.07, 6.45) is 3.45. The Bertz CT molecular complexity index is 862. The number of aromatic nitrogens is 2. The van der Waals surface area contributed by atoms with Crippen molar-refractivity contribution in [1.29, 1.82) is 0 Å². The maximum atomic E-state index is 12.5. The topological polar surface area (TPSA) is 54.9 Å². The van der Waals surface area contributed by atoms with Gasteiger partial charge < -0.3 is 5.32 Å². The minimum atomic E-state index is -0.166. The number of nitrogens with zero attached hydrogens (tertiary/aromatic N) is 2. The maximum absolute atomic E-state index is 12.5. The Morgan fingerprint density at radius 1 is 1.26 bits per heavy atom. The van der Waals surface area contributed by atoms with E-state index >= 15 is 0 Å². The van der Waals surface area contributed by atoms with Crippen molar-refractivity contribution in [3.63, 3.8) is 0 Å². The second-order valence-electron chi connectivity index (χ2n) is 5.09. The molecule has 0 atom stereocenters. The number of hydrogen-bond donors (Lipinski definition) is 1. The summed E-state index contributed by atoms with van der Waals surface area (Å²) in [6, 6.07) is 9.15. The van der Waals surface area contributed by atoms with Crippen LogP contribution < -0.4 is 5.32 Å². The molecule has 23 heavy (non-hydrogen) atoms. The van der Waals surface area contributed by atoms with E-state index in [1.165, 1.54) is 11.3 Å². The summed E-state index contributed by atoms with van der Waals surface area (Å²) >= 11 is 7.30. The van der Waals surface area contributed by atoms with Gasteiger partial charge in [0.2, 0.25) is 0 Å². The number of aryl methyl sites for hydroxylation is 2. The van der Waals surface area contributed by atoms with Gasteiger partial charge in [0.05, 0.1) is 5.69 Å². The summed E-state index contributed by atoms with van der Waals surface area (Å²) in [6.45, 7) is 3.74. The number of pyridine rings is 1. The van der Waals surface area contributed by atoms with Crippen molar-refractivity contribution in [2.24, 2.45) is 0 Å². The van der Waals surface area contributed by atoms with E-state index in [4.69, 9.17) is 11.6 Å². The molecule has 2 aromatic heterocycles. The van der Waals surface area contributed by atoms with E-state index in [9.17, 15) is 4.79 Å². The number of anilines is 1. The van der Waals surface area contributed by atoms with Crippen molar-refractivity contribution in [3.05, 3.63) is 63.9 Å². The molecule has 116 valence electrons. The molecule has 0 bridgehead atoms. The highest BCUT2D eigenvalue weighted by Gasteiger charge is 2.17. The van der Waals surface area contributed by atoms with Crippen molar-refractivity contribution < 1.29 is 4.79 Å². The molecule has 0 fully saturated rings. The predicted octanol–water partition coefficient (Wildman–Crippen LogP) is 4.73. The van der Waals surface area contributed by atoms with Crippen LogP contribution in [0.1, 0.15) is 20.9 Å². The van der Waals surface area contributed by atoms with E-state index < -0.39 is 0 Å². The first-order valence-corrected chi connectivity index (χ1v) is 8.19. The number of carbonyl (C=O) groups is 1. The molecule has 1 N–H and O–H groups in total. The van der Waals surface area contributed by atoms with E-state index in [-0.39, 0.29) is 5.91 Å². The van der Waals surface area contributed by atoms with Crippen LogP contribution in [0.5, 0.6) is 0 Å². The Morgan fingerprint density at radius 3 is 2.78 bits per heavy atom. The number of rotatable bonds is 3. The van der Waals surface area contributed by atoms with Crippen molar-refractivity contribution in [3.8, 4) is 10.6 Å². The van der Waals surface area contributed by atoms with Gasteiger partial charge in [-0.05, 0) is 49.7 Å². The number of thiazole rings is 1. The lowest BCUT2D eigenvalue weighted by molar-refractivity contribution is 0.102. The summed E-state index contributed by atoms with van der Waals surface area (Å²) < 4.78 is 0. The molecule has 1 aromatic carbocycles. The first kappa shape index (κ1) is 15.6. The normalized spacial score (nSPS) is 10.6. The molecule has 0 aliphatic heterocycles. The molecule has 0 saturated heterocycles. The minimum absolute atomic E-state index is 0.166. The number of carbonyl (C=O) groups excluding carboxylic acids is 1. The third-order valence-electron chi connectivity index (χ3n) is 3.35. The van der Waals surface area contributed by atoms with Gasteiger partial charge in [-0.25, -0.2) is 4.98 Å². The van der Waals surface area contributed by atoms with Crippen LogP contribution in [-0.4, -0.2) is 15.9 Å². The fourth-order valence-electron chi connectivity index (χ4n) is 2.17. The summed E-state index contributed by atoms with van der Waals surface area (Å²) in [4.78, 5) is 21.7. The molecule has 0 radical (unpaired) electrons. The largest absolute Gasteiger partial charge is 0.321 e. The SMILES string of the molecule is Cc1cc(Cl)ccc1NC(=O)c1sc(-c2cccnc2)nc1C. The lowest BCUT2D eigenvalue weighted by atomic mass is 10.2. The first-order chi connectivity index (χ1) is 11.0. The van der Waals surface area contributed by atoms with Crippen LogP contribution in [-0.2, 0) is 0 Å². The second kappa shape index (κ2) is 6.48. The molecule has 0 spiro atoms. The molecule has 3 rings (SSSR count). The van der Waals surface area contributed by atoms with Crippen LogP contribution >= 0.6 is 22.9 Å². The standard InChI is InChI=1S/C17H14ClN3OS/c1-10-8-13(18)5-6-14(10)21-16(22)15-11(2)20-17(23-15)12-4-3-7-19-9-12/h3-9H,1-2H3,(H,21,22). The zero-order valence-electron chi connectivity index (χ0n) is 12.6. The zero-order chi connectivity index (χ0) is 16.4. The van der Waals surface area contributed by atoms with Gasteiger partial charge in [0.25, 0.3) is 5.91 Å². The molecule has 2 heterocycles. The Labute approximate surface area is 143 Å². The zero-order valence-corrected chi connectivity index (χ0v) is 14.2. The van der Waals surface area contributed by atoms with Crippen molar-refractivity contribution in [2.45, 2.75) is 13.8 Å². The molecule has 3 aromatic rings. The van der Waals surface area contributed by atoms with Crippen molar-refractivity contribution in [1.82, 2.24) is 9.97 Å². The van der Waals surface area contributed by atoms with Crippen LogP contribution in [0.4, 0.5) is 5.69 Å². The van der Waals surface area contributed by atoms with Gasteiger partial charge in [0.1, 0.15) is 9.88 Å². The highest BCUT2D eigenvalue weighted by Crippen LogP contribution is 2.28. The number of nitrogens with one attached hydrogen (secondary N) is 1. The molecule has 0 aliphatic rings. The Morgan fingerprint density at radius 2 is 2.09 bits per heavy atom. The summed E-state index contributed by atoms with van der Waals surface area (Å²) in [5, 5.41) is 4.35. The van der Waals surface area contributed by atoms with E-state index in [1.54, 1.807) is 24.5 Å². The monoisotopic (exact) mass is 343 g/mol.